The zero-order valence-electron chi connectivity index (χ0n) is 21.4. The van der Waals surface area contributed by atoms with Crippen LogP contribution in [0.2, 0.25) is 0 Å². The summed E-state index contributed by atoms with van der Waals surface area (Å²) in [5.41, 5.74) is 13.0. The smallest absolute Gasteiger partial charge is 0.404 e. The number of carbonyl (C=O) groups excluding carboxylic acids is 1. The van der Waals surface area contributed by atoms with Crippen LogP contribution in [0.1, 0.15) is 55.9 Å². The van der Waals surface area contributed by atoms with E-state index in [1.807, 2.05) is 0 Å². The van der Waals surface area contributed by atoms with Crippen LogP contribution in [0.5, 0.6) is 11.5 Å². The molecule has 0 spiro atoms. The van der Waals surface area contributed by atoms with Gasteiger partial charge in [0.1, 0.15) is 24.2 Å². The first kappa shape index (κ1) is 25.1. The van der Waals surface area contributed by atoms with Crippen LogP contribution in [0.3, 0.4) is 0 Å². The normalized spacial score (nSPS) is 18.0. The maximum atomic E-state index is 11.0. The fraction of sp³-hybridized carbons (Fsp3) is 0.483. The highest BCUT2D eigenvalue weighted by atomic mass is 16.6. The zero-order chi connectivity index (χ0) is 24.9. The number of nitrogens with two attached hydrogens (primary N) is 1. The Bertz CT molecular complexity index is 1090. The van der Waals surface area contributed by atoms with Gasteiger partial charge in [-0.15, -0.1) is 0 Å². The van der Waals surface area contributed by atoms with Crippen LogP contribution >= 0.6 is 0 Å². The fourth-order valence-corrected chi connectivity index (χ4v) is 5.23. The molecule has 2 aromatic rings. The molecule has 1 aliphatic heterocycles. The van der Waals surface area contributed by atoms with E-state index in [1.165, 1.54) is 27.8 Å². The van der Waals surface area contributed by atoms with Gasteiger partial charge in [-0.25, -0.2) is 4.79 Å². The van der Waals surface area contributed by atoms with Crippen molar-refractivity contribution in [3.05, 3.63) is 64.2 Å². The molecule has 35 heavy (non-hydrogen) atoms. The summed E-state index contributed by atoms with van der Waals surface area (Å²) in [6.45, 7) is 9.73. The Hall–Kier alpha value is -2.99. The van der Waals surface area contributed by atoms with Gasteiger partial charge in [-0.1, -0.05) is 37.6 Å². The first-order valence-electron chi connectivity index (χ1n) is 12.6. The van der Waals surface area contributed by atoms with Crippen LogP contribution in [-0.4, -0.2) is 43.8 Å². The van der Waals surface area contributed by atoms with Gasteiger partial charge in [0, 0.05) is 25.2 Å². The van der Waals surface area contributed by atoms with Gasteiger partial charge < -0.3 is 19.9 Å². The maximum Gasteiger partial charge on any atom is 0.404 e. The number of hydrogen-bond donors (Lipinski definition) is 1. The standard InChI is InChI=1S/C29H38N2O4/c1-19(2)13-21-5-6-24(28(14-21)33-4)18-34-25-9-10-27-20(3)23(8-7-22(27)15-25)16-31-12-11-26(17-31)35-29(30)32/h5-6,9-10,14-15,19,26H,7-8,11-13,16-18H2,1-4H3,(H2,30,32)/t26-/m1/s1. The van der Waals surface area contributed by atoms with E-state index in [0.717, 1.165) is 62.4 Å². The summed E-state index contributed by atoms with van der Waals surface area (Å²) in [4.78, 5) is 13.4. The van der Waals surface area contributed by atoms with E-state index in [2.05, 4.69) is 62.1 Å². The highest BCUT2D eigenvalue weighted by molar-refractivity contribution is 5.72. The molecular weight excluding hydrogens is 440 g/mol. The molecule has 0 bridgehead atoms. The highest BCUT2D eigenvalue weighted by Gasteiger charge is 2.27. The lowest BCUT2D eigenvalue weighted by Crippen LogP contribution is -2.29. The van der Waals surface area contributed by atoms with Crippen molar-refractivity contribution >= 4 is 11.7 Å². The fourth-order valence-electron chi connectivity index (χ4n) is 5.23. The molecule has 1 atom stereocenters. The number of fused-ring (bicyclic) bond motifs is 1. The molecule has 188 valence electrons. The number of methoxy groups -OCH3 is 1. The lowest BCUT2D eigenvalue weighted by Gasteiger charge is -2.25. The number of benzene rings is 2. The third kappa shape index (κ3) is 6.37. The molecule has 0 unspecified atom stereocenters. The molecule has 0 saturated carbocycles. The summed E-state index contributed by atoms with van der Waals surface area (Å²) in [6, 6.07) is 12.9. The van der Waals surface area contributed by atoms with E-state index in [4.69, 9.17) is 19.9 Å². The highest BCUT2D eigenvalue weighted by Crippen LogP contribution is 2.34. The van der Waals surface area contributed by atoms with Gasteiger partial charge in [0.2, 0.25) is 0 Å². The van der Waals surface area contributed by atoms with E-state index in [1.54, 1.807) is 7.11 Å². The summed E-state index contributed by atoms with van der Waals surface area (Å²) < 4.78 is 17.0. The van der Waals surface area contributed by atoms with Gasteiger partial charge in [-0.3, -0.25) is 4.90 Å². The lowest BCUT2D eigenvalue weighted by molar-refractivity contribution is 0.110. The Balaban J connectivity index is 1.39. The molecule has 0 aromatic heterocycles. The van der Waals surface area contributed by atoms with Crippen LogP contribution in [-0.2, 0) is 24.2 Å². The van der Waals surface area contributed by atoms with Gasteiger partial charge in [0.15, 0.2) is 0 Å². The maximum absolute atomic E-state index is 11.0. The summed E-state index contributed by atoms with van der Waals surface area (Å²) in [6.07, 6.45) is 3.15. The van der Waals surface area contributed by atoms with E-state index >= 15 is 0 Å². The van der Waals surface area contributed by atoms with Crippen molar-refractivity contribution < 1.29 is 19.0 Å². The van der Waals surface area contributed by atoms with E-state index in [-0.39, 0.29) is 6.10 Å². The number of primary amides is 1. The van der Waals surface area contributed by atoms with Gasteiger partial charge in [-0.05, 0) is 79.0 Å². The SMILES string of the molecule is COc1cc(CC(C)C)ccc1COc1ccc2c(c1)CCC(CN1CC[C@@H](OC(N)=O)C1)=C2C. The number of rotatable bonds is 9. The topological polar surface area (TPSA) is 74.0 Å². The number of carbonyl (C=O) groups is 1. The molecule has 4 rings (SSSR count). The van der Waals surface area contributed by atoms with Gasteiger partial charge >= 0.3 is 6.09 Å². The summed E-state index contributed by atoms with van der Waals surface area (Å²) in [7, 11) is 1.72. The molecule has 0 radical (unpaired) electrons. The van der Waals surface area contributed by atoms with E-state index < -0.39 is 6.09 Å². The largest absolute Gasteiger partial charge is 0.496 e. The molecule has 6 nitrogen and oxygen atoms in total. The molecule has 1 aliphatic carbocycles. The zero-order valence-corrected chi connectivity index (χ0v) is 21.4. The van der Waals surface area contributed by atoms with E-state index in [0.29, 0.717) is 12.5 Å². The van der Waals surface area contributed by atoms with Gasteiger partial charge in [0.25, 0.3) is 0 Å². The van der Waals surface area contributed by atoms with Gasteiger partial charge in [0.05, 0.1) is 7.11 Å². The summed E-state index contributed by atoms with van der Waals surface area (Å²) in [5, 5.41) is 0. The van der Waals surface area contributed by atoms with Crippen molar-refractivity contribution in [2.75, 3.05) is 26.7 Å². The third-order valence-corrected chi connectivity index (χ3v) is 7.02. The predicted octanol–water partition coefficient (Wildman–Crippen LogP) is 5.36. The first-order chi connectivity index (χ1) is 16.8. The summed E-state index contributed by atoms with van der Waals surface area (Å²) >= 11 is 0. The first-order valence-corrected chi connectivity index (χ1v) is 12.6. The van der Waals surface area contributed by atoms with Crippen LogP contribution < -0.4 is 15.2 Å². The average Bonchev–Trinajstić information content (AvgIpc) is 3.25. The number of amides is 1. The number of aryl methyl sites for hydroxylation is 1. The van der Waals surface area contributed by atoms with Gasteiger partial charge in [-0.2, -0.15) is 0 Å². The van der Waals surface area contributed by atoms with Crippen molar-refractivity contribution in [3.8, 4) is 11.5 Å². The molecule has 2 aliphatic rings. The predicted molar refractivity (Wildman–Crippen MR) is 139 cm³/mol. The van der Waals surface area contributed by atoms with Crippen LogP contribution in [0.15, 0.2) is 42.0 Å². The molecule has 1 heterocycles. The number of allylic oxidation sites excluding steroid dienone is 1. The van der Waals surface area contributed by atoms with Crippen molar-refractivity contribution in [1.29, 1.82) is 0 Å². The Morgan fingerprint density at radius 2 is 2.00 bits per heavy atom. The minimum absolute atomic E-state index is 0.0889. The quantitative estimate of drug-likeness (QED) is 0.525. The van der Waals surface area contributed by atoms with Crippen molar-refractivity contribution in [2.24, 2.45) is 11.7 Å². The average molecular weight is 479 g/mol. The molecular formula is C29H38N2O4. The van der Waals surface area contributed by atoms with Crippen molar-refractivity contribution in [2.45, 2.75) is 59.2 Å². The molecule has 6 heteroatoms. The Kier molecular flexibility index (Phi) is 8.01. The Labute approximate surface area is 209 Å². The van der Waals surface area contributed by atoms with E-state index in [9.17, 15) is 4.79 Å². The minimum atomic E-state index is -0.682. The molecule has 2 aromatic carbocycles. The number of ether oxygens (including phenoxy) is 3. The second-order valence-corrected chi connectivity index (χ2v) is 10.2. The Morgan fingerprint density at radius 1 is 1.17 bits per heavy atom. The van der Waals surface area contributed by atoms with Crippen LogP contribution in [0, 0.1) is 5.92 Å². The summed E-state index contributed by atoms with van der Waals surface area (Å²) in [5.74, 6) is 2.38. The molecule has 1 amide bonds. The third-order valence-electron chi connectivity index (χ3n) is 7.02. The number of likely N-dealkylation sites (tertiary alicyclic amines) is 1. The van der Waals surface area contributed by atoms with Crippen molar-refractivity contribution in [3.63, 3.8) is 0 Å². The lowest BCUT2D eigenvalue weighted by atomic mass is 9.86. The number of nitrogens with zero attached hydrogens (tertiary/aromatic N) is 1. The van der Waals surface area contributed by atoms with Crippen LogP contribution in [0.25, 0.3) is 5.57 Å². The molecule has 2 N–H and O–H groups in total. The van der Waals surface area contributed by atoms with Crippen molar-refractivity contribution in [1.82, 2.24) is 4.90 Å². The molecule has 1 saturated heterocycles. The van der Waals surface area contributed by atoms with Crippen LogP contribution in [0.4, 0.5) is 4.79 Å². The molecule has 1 fully saturated rings. The monoisotopic (exact) mass is 478 g/mol. The number of hydrogen-bond acceptors (Lipinski definition) is 5. The second kappa shape index (κ2) is 11.2. The Morgan fingerprint density at radius 3 is 2.74 bits per heavy atom. The second-order valence-electron chi connectivity index (χ2n) is 10.2. The minimum Gasteiger partial charge on any atom is -0.496 e.